The second-order valence-electron chi connectivity index (χ2n) is 2.69. The van der Waals surface area contributed by atoms with E-state index >= 15 is 0 Å². The van der Waals surface area contributed by atoms with Crippen molar-refractivity contribution in [3.8, 4) is 5.75 Å². The molecule has 0 radical (unpaired) electrons. The predicted molar refractivity (Wildman–Crippen MR) is 57.4 cm³/mol. The fourth-order valence-electron chi connectivity index (χ4n) is 1.24. The maximum Gasteiger partial charge on any atom is 0.278 e. The van der Waals surface area contributed by atoms with E-state index in [1.807, 2.05) is 0 Å². The minimum atomic E-state index is -0.471. The Bertz CT molecular complexity index is 521. The Labute approximate surface area is 88.4 Å². The molecule has 2 rings (SSSR count). The highest BCUT2D eigenvalue weighted by Gasteiger charge is 2.16. The third kappa shape index (κ3) is 1.32. The summed E-state index contributed by atoms with van der Waals surface area (Å²) in [4.78, 5) is 10.2. The number of fused-ring (bicyclic) bond motifs is 1. The molecule has 0 bridgehead atoms. The summed E-state index contributed by atoms with van der Waals surface area (Å²) in [5.74, 6) is 0.0518. The first kappa shape index (κ1) is 9.29. The fourth-order valence-corrected chi connectivity index (χ4v) is 2.48. The summed E-state index contributed by atoms with van der Waals surface area (Å²) in [6, 6.07) is 4.20. The van der Waals surface area contributed by atoms with Crippen LogP contribution >= 0.6 is 24.0 Å². The van der Waals surface area contributed by atoms with Gasteiger partial charge in [0.05, 0.1) is 19.2 Å². The number of thiophene rings is 1. The summed E-state index contributed by atoms with van der Waals surface area (Å²) < 4.78 is 1.15. The van der Waals surface area contributed by atoms with E-state index in [0.29, 0.717) is 14.3 Å². The van der Waals surface area contributed by atoms with Gasteiger partial charge in [-0.2, -0.15) is 0 Å². The Morgan fingerprint density at radius 2 is 2.21 bits per heavy atom. The van der Waals surface area contributed by atoms with Gasteiger partial charge in [0.2, 0.25) is 0 Å². The standard InChI is InChI=1S/C8H5NO3S2/c10-6-2-1-5(9(11)12)4-3-7(13)14-8(4)6/h1-3,10,13H. The zero-order valence-electron chi connectivity index (χ0n) is 6.80. The van der Waals surface area contributed by atoms with E-state index < -0.39 is 4.92 Å². The number of hydrogen-bond acceptors (Lipinski definition) is 5. The number of thiol groups is 1. The van der Waals surface area contributed by atoms with Crippen LogP contribution in [-0.2, 0) is 0 Å². The van der Waals surface area contributed by atoms with Gasteiger partial charge in [-0.3, -0.25) is 10.1 Å². The predicted octanol–water partition coefficient (Wildman–Crippen LogP) is 2.80. The Kier molecular flexibility index (Phi) is 2.09. The van der Waals surface area contributed by atoms with Crippen molar-refractivity contribution in [2.45, 2.75) is 4.21 Å². The van der Waals surface area contributed by atoms with Crippen LogP contribution in [0, 0.1) is 10.1 Å². The lowest BCUT2D eigenvalue weighted by Gasteiger charge is -1.95. The second kappa shape index (κ2) is 3.14. The zero-order valence-corrected chi connectivity index (χ0v) is 8.51. The van der Waals surface area contributed by atoms with Gasteiger partial charge in [0.15, 0.2) is 0 Å². The molecular weight excluding hydrogens is 222 g/mol. The Morgan fingerprint density at radius 3 is 2.86 bits per heavy atom. The molecule has 0 aliphatic heterocycles. The van der Waals surface area contributed by atoms with Gasteiger partial charge in [-0.15, -0.1) is 24.0 Å². The number of benzene rings is 1. The molecule has 0 spiro atoms. The molecule has 1 aromatic heterocycles. The minimum Gasteiger partial charge on any atom is -0.506 e. The third-order valence-electron chi connectivity index (χ3n) is 1.82. The summed E-state index contributed by atoms with van der Waals surface area (Å²) in [5.41, 5.74) is -0.00523. The monoisotopic (exact) mass is 227 g/mol. The second-order valence-corrected chi connectivity index (χ2v) is 4.52. The number of nitro groups is 1. The zero-order chi connectivity index (χ0) is 10.3. The van der Waals surface area contributed by atoms with Crippen molar-refractivity contribution in [2.75, 3.05) is 0 Å². The molecule has 0 saturated carbocycles. The number of non-ortho nitro benzene ring substituents is 1. The van der Waals surface area contributed by atoms with Gasteiger partial charge in [0.25, 0.3) is 5.69 Å². The van der Waals surface area contributed by atoms with Crippen molar-refractivity contribution in [1.82, 2.24) is 0 Å². The molecule has 0 fully saturated rings. The number of phenolic OH excluding ortho intramolecular Hbond substituents is 1. The average Bonchev–Trinajstić information content (AvgIpc) is 2.47. The molecule has 6 heteroatoms. The highest BCUT2D eigenvalue weighted by molar-refractivity contribution is 7.83. The number of hydrogen-bond donors (Lipinski definition) is 2. The van der Waals surface area contributed by atoms with Crippen molar-refractivity contribution in [3.05, 3.63) is 28.3 Å². The number of phenols is 1. The molecule has 0 aliphatic carbocycles. The van der Waals surface area contributed by atoms with E-state index in [0.717, 1.165) is 0 Å². The summed E-state index contributed by atoms with van der Waals surface area (Å²) in [6.07, 6.45) is 0. The molecule has 72 valence electrons. The van der Waals surface area contributed by atoms with Crippen molar-refractivity contribution in [2.24, 2.45) is 0 Å². The van der Waals surface area contributed by atoms with Crippen LogP contribution in [0.2, 0.25) is 0 Å². The van der Waals surface area contributed by atoms with Gasteiger partial charge >= 0.3 is 0 Å². The van der Waals surface area contributed by atoms with Gasteiger partial charge < -0.3 is 5.11 Å². The molecule has 2 aromatic rings. The number of nitrogens with zero attached hydrogens (tertiary/aromatic N) is 1. The maximum atomic E-state index is 10.6. The normalized spacial score (nSPS) is 10.6. The quantitative estimate of drug-likeness (QED) is 0.447. The molecule has 1 N–H and O–H groups in total. The van der Waals surface area contributed by atoms with Gasteiger partial charge in [-0.25, -0.2) is 0 Å². The van der Waals surface area contributed by atoms with E-state index in [4.69, 9.17) is 0 Å². The van der Waals surface area contributed by atoms with Gasteiger partial charge in [0, 0.05) is 6.07 Å². The molecule has 4 nitrogen and oxygen atoms in total. The molecule has 14 heavy (non-hydrogen) atoms. The third-order valence-corrected chi connectivity index (χ3v) is 3.19. The lowest BCUT2D eigenvalue weighted by atomic mass is 10.2. The van der Waals surface area contributed by atoms with E-state index in [-0.39, 0.29) is 11.4 Å². The molecule has 0 saturated heterocycles. The number of aromatic hydroxyl groups is 1. The lowest BCUT2D eigenvalue weighted by Crippen LogP contribution is -1.87. The highest BCUT2D eigenvalue weighted by atomic mass is 32.2. The van der Waals surface area contributed by atoms with Crippen LogP contribution < -0.4 is 0 Å². The molecule has 0 atom stereocenters. The molecular formula is C8H5NO3S2. The lowest BCUT2D eigenvalue weighted by molar-refractivity contribution is -0.383. The van der Waals surface area contributed by atoms with E-state index in [2.05, 4.69) is 12.6 Å². The average molecular weight is 227 g/mol. The Morgan fingerprint density at radius 1 is 1.50 bits per heavy atom. The summed E-state index contributed by atoms with van der Waals surface area (Å²) in [7, 11) is 0. The van der Waals surface area contributed by atoms with Crippen LogP contribution in [0.4, 0.5) is 5.69 Å². The van der Waals surface area contributed by atoms with E-state index in [1.54, 1.807) is 6.07 Å². The first-order chi connectivity index (χ1) is 6.59. The first-order valence-electron chi connectivity index (χ1n) is 3.68. The maximum absolute atomic E-state index is 10.6. The summed E-state index contributed by atoms with van der Waals surface area (Å²) >= 11 is 5.31. The Hall–Kier alpha value is -1.27. The van der Waals surface area contributed by atoms with E-state index in [9.17, 15) is 15.2 Å². The smallest absolute Gasteiger partial charge is 0.278 e. The topological polar surface area (TPSA) is 63.4 Å². The van der Waals surface area contributed by atoms with E-state index in [1.165, 1.54) is 23.5 Å². The molecule has 1 aromatic carbocycles. The van der Waals surface area contributed by atoms with Crippen LogP contribution in [0.1, 0.15) is 0 Å². The minimum absolute atomic E-state index is 0.00523. The van der Waals surface area contributed by atoms with Crippen LogP contribution in [0.15, 0.2) is 22.4 Å². The first-order valence-corrected chi connectivity index (χ1v) is 4.95. The Balaban J connectivity index is 2.87. The fraction of sp³-hybridized carbons (Fsp3) is 0. The van der Waals surface area contributed by atoms with Gasteiger partial charge in [-0.1, -0.05) is 0 Å². The number of rotatable bonds is 1. The van der Waals surface area contributed by atoms with Gasteiger partial charge in [-0.05, 0) is 12.1 Å². The van der Waals surface area contributed by atoms with Crippen LogP contribution in [-0.4, -0.2) is 10.0 Å². The van der Waals surface area contributed by atoms with Crippen LogP contribution in [0.25, 0.3) is 10.1 Å². The van der Waals surface area contributed by atoms with Crippen molar-refractivity contribution >= 4 is 39.7 Å². The molecule has 0 aliphatic rings. The SMILES string of the molecule is O=[N+]([O-])c1ccc(O)c2sc(S)cc12. The van der Waals surface area contributed by atoms with Crippen molar-refractivity contribution in [3.63, 3.8) is 0 Å². The molecule has 1 heterocycles. The largest absolute Gasteiger partial charge is 0.506 e. The molecule has 0 unspecified atom stereocenters. The summed E-state index contributed by atoms with van der Waals surface area (Å²) in [6.45, 7) is 0. The van der Waals surface area contributed by atoms with Gasteiger partial charge in [0.1, 0.15) is 5.75 Å². The number of nitro benzene ring substituents is 1. The summed E-state index contributed by atoms with van der Waals surface area (Å²) in [5, 5.41) is 20.5. The van der Waals surface area contributed by atoms with Crippen molar-refractivity contribution < 1.29 is 10.0 Å². The highest BCUT2D eigenvalue weighted by Crippen LogP contribution is 2.39. The van der Waals surface area contributed by atoms with Crippen LogP contribution in [0.5, 0.6) is 5.75 Å². The molecule has 0 amide bonds. The van der Waals surface area contributed by atoms with Crippen molar-refractivity contribution in [1.29, 1.82) is 0 Å². The van der Waals surface area contributed by atoms with Crippen LogP contribution in [0.3, 0.4) is 0 Å².